The number of aromatic hydroxyl groups is 8. The summed E-state index contributed by atoms with van der Waals surface area (Å²) in [4.78, 5) is 0. The van der Waals surface area contributed by atoms with E-state index in [1.807, 2.05) is 27.7 Å². The summed E-state index contributed by atoms with van der Waals surface area (Å²) in [6.45, 7) is 29.1. The topological polar surface area (TPSA) is 162 Å². The third-order valence-electron chi connectivity index (χ3n) is 14.1. The van der Waals surface area contributed by atoms with Crippen molar-refractivity contribution in [3.8, 4) is 46.0 Å². The van der Waals surface area contributed by atoms with Crippen molar-refractivity contribution in [3.05, 3.63) is 139 Å². The third kappa shape index (κ3) is 26.3. The molecule has 424 valence electrons. The van der Waals surface area contributed by atoms with Crippen molar-refractivity contribution in [1.29, 1.82) is 0 Å². The molecule has 0 fully saturated rings. The summed E-state index contributed by atoms with van der Waals surface area (Å²) in [5, 5.41) is 79.2. The second-order valence-electron chi connectivity index (χ2n) is 21.5. The number of unbranched alkanes of at least 4 members (excludes halogenated alkanes) is 8. The largest absolute Gasteiger partial charge is 0.508 e. The molecule has 8 N–H and O–H groups in total. The van der Waals surface area contributed by atoms with Crippen LogP contribution >= 0.6 is 0 Å². The predicted molar refractivity (Wildman–Crippen MR) is 323 cm³/mol. The molecule has 0 aliphatic rings. The maximum absolute atomic E-state index is 10.6. The van der Waals surface area contributed by atoms with E-state index in [-0.39, 0.29) is 46.0 Å². The number of phenols is 8. The molecule has 0 aliphatic heterocycles. The van der Waals surface area contributed by atoms with Crippen molar-refractivity contribution in [2.24, 2.45) is 0 Å². The van der Waals surface area contributed by atoms with E-state index in [1.165, 1.54) is 85.8 Å². The quantitative estimate of drug-likeness (QED) is 0.0228. The van der Waals surface area contributed by atoms with Crippen molar-refractivity contribution in [3.63, 3.8) is 0 Å². The fourth-order valence-electron chi connectivity index (χ4n) is 9.06. The van der Waals surface area contributed by atoms with Crippen LogP contribution < -0.4 is 0 Å². The molecule has 0 unspecified atom stereocenters. The van der Waals surface area contributed by atoms with Crippen LogP contribution in [-0.4, -0.2) is 40.9 Å². The minimum absolute atomic E-state index is 0.145. The van der Waals surface area contributed by atoms with E-state index in [2.05, 4.69) is 93.5 Å². The molecular formula is C68H104O8. The smallest absolute Gasteiger partial charge is 0.125 e. The van der Waals surface area contributed by atoms with Gasteiger partial charge in [0.25, 0.3) is 0 Å². The molecule has 0 bridgehead atoms. The van der Waals surface area contributed by atoms with Crippen LogP contribution in [0.3, 0.4) is 0 Å². The van der Waals surface area contributed by atoms with Gasteiger partial charge >= 0.3 is 0 Å². The monoisotopic (exact) mass is 1050 g/mol. The summed E-state index contributed by atoms with van der Waals surface area (Å²) in [5.74, 6) is 1.65. The summed E-state index contributed by atoms with van der Waals surface area (Å²) in [7, 11) is 0. The molecule has 8 heteroatoms. The number of rotatable bonds is 26. The maximum Gasteiger partial charge on any atom is 0.125 e. The lowest BCUT2D eigenvalue weighted by Gasteiger charge is -2.17. The molecular weight excluding hydrogens is 945 g/mol. The minimum Gasteiger partial charge on any atom is -0.508 e. The molecule has 4 rings (SSSR count). The fraction of sp³-hybridized carbons (Fsp3) is 0.529. The molecule has 0 aromatic heterocycles. The van der Waals surface area contributed by atoms with Crippen LogP contribution in [0.25, 0.3) is 0 Å². The van der Waals surface area contributed by atoms with Gasteiger partial charge in [0.05, 0.1) is 0 Å². The first kappa shape index (κ1) is 68.3. The zero-order valence-electron chi connectivity index (χ0n) is 49.9. The van der Waals surface area contributed by atoms with Gasteiger partial charge in [0.1, 0.15) is 46.0 Å². The maximum atomic E-state index is 10.6. The second kappa shape index (κ2) is 37.9. The molecule has 0 amide bonds. The summed E-state index contributed by atoms with van der Waals surface area (Å²) in [6, 6.07) is 9.79. The Kier molecular flexibility index (Phi) is 34.0. The van der Waals surface area contributed by atoms with Gasteiger partial charge in [-0.05, 0) is 228 Å². The number of aryl methyl sites for hydroxylation is 2. The Hall–Kier alpha value is -5.76. The number of hydrogen-bond acceptors (Lipinski definition) is 8. The highest BCUT2D eigenvalue weighted by molar-refractivity contribution is 5.58. The summed E-state index contributed by atoms with van der Waals surface area (Å²) < 4.78 is 0. The number of benzene rings is 4. The summed E-state index contributed by atoms with van der Waals surface area (Å²) in [5.41, 5.74) is 14.4. The Bertz CT molecular complexity index is 2360. The van der Waals surface area contributed by atoms with E-state index in [0.717, 1.165) is 122 Å². The summed E-state index contributed by atoms with van der Waals surface area (Å²) in [6.07, 6.45) is 31.5. The molecule has 0 radical (unpaired) electrons. The third-order valence-corrected chi connectivity index (χ3v) is 14.1. The Morgan fingerprint density at radius 3 is 1.07 bits per heavy atom. The Morgan fingerprint density at radius 2 is 0.697 bits per heavy atom. The average molecular weight is 1050 g/mol. The second-order valence-corrected chi connectivity index (χ2v) is 21.5. The first-order valence-corrected chi connectivity index (χ1v) is 28.7. The van der Waals surface area contributed by atoms with E-state index in [0.29, 0.717) is 24.0 Å². The molecule has 0 aliphatic carbocycles. The van der Waals surface area contributed by atoms with Crippen molar-refractivity contribution in [2.75, 3.05) is 0 Å². The van der Waals surface area contributed by atoms with Crippen LogP contribution in [-0.2, 0) is 38.5 Å². The van der Waals surface area contributed by atoms with Gasteiger partial charge in [0, 0.05) is 23.3 Å². The standard InChI is InChI=1S/C23H36O2.C21H32O2.C13H20O2.C11H16O2/c1-7-8-9-13-20-18(5)22(24)21(23(25)19(20)6)15-14-17(4)12-10-11-16(2)3;1-5-6-7-11-18-14-20(22)19(21(23)15-18)13-12-17(4)10-8-9-16(2)3;1-4-5-6-7-11-9(2)12(14)8-13(15)10(11)3;1-2-3-4-5-9-6-10(12)8-11(13)7-9/h11,14,24-25H,7-10,12-13,15H2,1-6H3;9,12,14-15,22-23H,5-8,10-11,13H2,1-4H3;8,14-15H,4-7H2,1-3H3;6-8,12-13H,2-5H2,1H3/b17-14+;17-12+;;. The molecule has 0 spiro atoms. The van der Waals surface area contributed by atoms with Crippen molar-refractivity contribution >= 4 is 0 Å². The SMILES string of the molecule is CCCCCc1c(C)c(O)c(C/C=C(\C)CCC=C(C)C)c(O)c1C.CCCCCc1c(C)c(O)cc(O)c1C.CCCCCc1cc(O)c(C/C=C(\C)CCC=C(C)C)c(O)c1.CCCCCc1cc(O)cc(O)c1. The fourth-order valence-corrected chi connectivity index (χ4v) is 9.06. The van der Waals surface area contributed by atoms with Crippen LogP contribution in [0.15, 0.2) is 83.0 Å². The molecule has 76 heavy (non-hydrogen) atoms. The van der Waals surface area contributed by atoms with Gasteiger partial charge in [-0.1, -0.05) is 126 Å². The van der Waals surface area contributed by atoms with Crippen LogP contribution in [0.1, 0.15) is 228 Å². The van der Waals surface area contributed by atoms with Crippen LogP contribution in [0.4, 0.5) is 0 Å². The lowest BCUT2D eigenvalue weighted by molar-refractivity contribution is 0.433. The van der Waals surface area contributed by atoms with Crippen LogP contribution in [0, 0.1) is 27.7 Å². The molecule has 0 saturated heterocycles. The molecule has 0 heterocycles. The highest BCUT2D eigenvalue weighted by atomic mass is 16.3. The zero-order chi connectivity index (χ0) is 57.3. The Balaban J connectivity index is 0.000000523. The van der Waals surface area contributed by atoms with E-state index in [1.54, 1.807) is 24.3 Å². The van der Waals surface area contributed by atoms with Crippen molar-refractivity contribution in [1.82, 2.24) is 0 Å². The molecule has 0 saturated carbocycles. The molecule has 0 atom stereocenters. The lowest BCUT2D eigenvalue weighted by atomic mass is 9.91. The van der Waals surface area contributed by atoms with Gasteiger partial charge < -0.3 is 40.9 Å². The van der Waals surface area contributed by atoms with Gasteiger partial charge in [0.15, 0.2) is 0 Å². The normalized spacial score (nSPS) is 11.2. The van der Waals surface area contributed by atoms with Gasteiger partial charge in [-0.3, -0.25) is 0 Å². The summed E-state index contributed by atoms with van der Waals surface area (Å²) >= 11 is 0. The number of allylic oxidation sites excluding steroid dienone is 8. The molecule has 4 aromatic rings. The first-order chi connectivity index (χ1) is 36.0. The van der Waals surface area contributed by atoms with Crippen LogP contribution in [0.5, 0.6) is 46.0 Å². The highest BCUT2D eigenvalue weighted by Gasteiger charge is 2.18. The van der Waals surface area contributed by atoms with Gasteiger partial charge in [-0.25, -0.2) is 0 Å². The zero-order valence-corrected chi connectivity index (χ0v) is 49.9. The van der Waals surface area contributed by atoms with Gasteiger partial charge in [0.2, 0.25) is 0 Å². The van der Waals surface area contributed by atoms with E-state index in [9.17, 15) is 40.9 Å². The van der Waals surface area contributed by atoms with E-state index in [4.69, 9.17) is 0 Å². The Labute approximate surface area is 461 Å². The number of hydrogen-bond donors (Lipinski definition) is 8. The van der Waals surface area contributed by atoms with Crippen molar-refractivity contribution < 1.29 is 40.9 Å². The lowest BCUT2D eigenvalue weighted by Crippen LogP contribution is -2.00. The van der Waals surface area contributed by atoms with E-state index >= 15 is 0 Å². The first-order valence-electron chi connectivity index (χ1n) is 28.7. The van der Waals surface area contributed by atoms with Gasteiger partial charge in [-0.2, -0.15) is 0 Å². The van der Waals surface area contributed by atoms with Crippen LogP contribution in [0.2, 0.25) is 0 Å². The predicted octanol–water partition coefficient (Wildman–Crippen LogP) is 19.0. The number of phenolic OH excluding ortho intramolecular Hbond substituents is 8. The molecule has 4 aromatic carbocycles. The van der Waals surface area contributed by atoms with E-state index < -0.39 is 0 Å². The highest BCUT2D eigenvalue weighted by Crippen LogP contribution is 2.39. The van der Waals surface area contributed by atoms with Crippen molar-refractivity contribution in [2.45, 2.75) is 238 Å². The average Bonchev–Trinajstić information content (AvgIpc) is 3.35. The van der Waals surface area contributed by atoms with Gasteiger partial charge in [-0.15, -0.1) is 0 Å². The Morgan fingerprint density at radius 1 is 0.355 bits per heavy atom. The minimum atomic E-state index is 0.145. The molecule has 8 nitrogen and oxygen atoms in total.